The third-order valence-corrected chi connectivity index (χ3v) is 5.75. The average Bonchev–Trinajstić information content (AvgIpc) is 2.39. The van der Waals surface area contributed by atoms with Crippen LogP contribution in [0, 0.1) is 0 Å². The summed E-state index contributed by atoms with van der Waals surface area (Å²) in [5, 5.41) is 3.55. The van der Waals surface area contributed by atoms with Crippen molar-refractivity contribution in [3.05, 3.63) is 0 Å². The fourth-order valence-electron chi connectivity index (χ4n) is 2.88. The zero-order valence-corrected chi connectivity index (χ0v) is 11.8. The van der Waals surface area contributed by atoms with Gasteiger partial charge in [0.05, 0.1) is 17.7 Å². The Balaban J connectivity index is 1.83. The third kappa shape index (κ3) is 3.91. The van der Waals surface area contributed by atoms with E-state index in [0.29, 0.717) is 24.1 Å². The van der Waals surface area contributed by atoms with Crippen LogP contribution in [0.15, 0.2) is 0 Å². The Labute approximate surface area is 110 Å². The maximum absolute atomic E-state index is 11.4. The standard InChI is InChI=1S/C12H25N3O2S/c13-10-12(15-6-2-1-3-7-15)14-11-4-8-18(16,17)9-5-11/h11-12,14H,1-10,13H2. The van der Waals surface area contributed by atoms with E-state index >= 15 is 0 Å². The van der Waals surface area contributed by atoms with Crippen LogP contribution in [0.2, 0.25) is 0 Å². The number of piperidine rings is 1. The van der Waals surface area contributed by atoms with Gasteiger partial charge in [-0.15, -0.1) is 0 Å². The first kappa shape index (κ1) is 14.2. The van der Waals surface area contributed by atoms with Gasteiger partial charge in [-0.1, -0.05) is 6.42 Å². The molecule has 18 heavy (non-hydrogen) atoms. The smallest absolute Gasteiger partial charge is 0.150 e. The summed E-state index contributed by atoms with van der Waals surface area (Å²) in [6.45, 7) is 2.82. The Morgan fingerprint density at radius 1 is 1.17 bits per heavy atom. The zero-order chi connectivity index (χ0) is 13.0. The second kappa shape index (κ2) is 6.32. The first-order chi connectivity index (χ1) is 8.61. The Kier molecular flexibility index (Phi) is 5.00. The predicted molar refractivity (Wildman–Crippen MR) is 73.1 cm³/mol. The van der Waals surface area contributed by atoms with Crippen LogP contribution in [0.25, 0.3) is 0 Å². The van der Waals surface area contributed by atoms with E-state index in [1.165, 1.54) is 19.3 Å². The number of sulfone groups is 1. The van der Waals surface area contributed by atoms with Crippen LogP contribution in [0.3, 0.4) is 0 Å². The van der Waals surface area contributed by atoms with Crippen molar-refractivity contribution in [3.8, 4) is 0 Å². The number of nitrogens with one attached hydrogen (secondary N) is 1. The second-order valence-corrected chi connectivity index (χ2v) is 7.74. The fourth-order valence-corrected chi connectivity index (χ4v) is 4.37. The molecule has 0 aromatic rings. The summed E-state index contributed by atoms with van der Waals surface area (Å²) in [4.78, 5) is 2.41. The molecule has 2 saturated heterocycles. The molecule has 1 unspecified atom stereocenters. The summed E-state index contributed by atoms with van der Waals surface area (Å²) in [7, 11) is -2.77. The lowest BCUT2D eigenvalue weighted by molar-refractivity contribution is 0.128. The van der Waals surface area contributed by atoms with Crippen molar-refractivity contribution in [2.75, 3.05) is 31.1 Å². The van der Waals surface area contributed by atoms with Crippen LogP contribution in [-0.2, 0) is 9.84 Å². The number of likely N-dealkylation sites (tertiary alicyclic amines) is 1. The minimum Gasteiger partial charge on any atom is -0.328 e. The van der Waals surface area contributed by atoms with E-state index < -0.39 is 9.84 Å². The molecule has 1 atom stereocenters. The van der Waals surface area contributed by atoms with E-state index in [9.17, 15) is 8.42 Å². The minimum absolute atomic E-state index is 0.219. The number of nitrogens with zero attached hydrogens (tertiary/aromatic N) is 1. The normalized spacial score (nSPS) is 28.1. The van der Waals surface area contributed by atoms with E-state index in [1.54, 1.807) is 0 Å². The summed E-state index contributed by atoms with van der Waals surface area (Å²) in [5.74, 6) is 0.643. The summed E-state index contributed by atoms with van der Waals surface area (Å²) in [6.07, 6.45) is 5.49. The molecule has 0 aliphatic carbocycles. The lowest BCUT2D eigenvalue weighted by Gasteiger charge is -2.37. The van der Waals surface area contributed by atoms with E-state index in [2.05, 4.69) is 10.2 Å². The van der Waals surface area contributed by atoms with Crippen LogP contribution in [0.5, 0.6) is 0 Å². The quantitative estimate of drug-likeness (QED) is 0.751. The van der Waals surface area contributed by atoms with Gasteiger partial charge in [-0.2, -0.15) is 0 Å². The molecule has 106 valence electrons. The SMILES string of the molecule is NCC(NC1CCS(=O)(=O)CC1)N1CCCCC1. The number of rotatable bonds is 4. The van der Waals surface area contributed by atoms with Crippen molar-refractivity contribution in [2.24, 2.45) is 5.73 Å². The topological polar surface area (TPSA) is 75.4 Å². The Morgan fingerprint density at radius 2 is 1.78 bits per heavy atom. The van der Waals surface area contributed by atoms with Crippen molar-refractivity contribution < 1.29 is 8.42 Å². The van der Waals surface area contributed by atoms with E-state index in [-0.39, 0.29) is 6.17 Å². The van der Waals surface area contributed by atoms with Crippen molar-refractivity contribution in [2.45, 2.75) is 44.3 Å². The highest BCUT2D eigenvalue weighted by atomic mass is 32.2. The van der Waals surface area contributed by atoms with Crippen molar-refractivity contribution in [1.82, 2.24) is 10.2 Å². The van der Waals surface area contributed by atoms with Gasteiger partial charge in [0.15, 0.2) is 0 Å². The molecule has 0 radical (unpaired) electrons. The third-order valence-electron chi connectivity index (χ3n) is 4.04. The van der Waals surface area contributed by atoms with Crippen LogP contribution in [0.1, 0.15) is 32.1 Å². The van der Waals surface area contributed by atoms with Gasteiger partial charge in [-0.25, -0.2) is 8.42 Å². The molecule has 2 heterocycles. The largest absolute Gasteiger partial charge is 0.328 e. The molecule has 0 spiro atoms. The first-order valence-electron chi connectivity index (χ1n) is 7.01. The van der Waals surface area contributed by atoms with Crippen molar-refractivity contribution in [1.29, 1.82) is 0 Å². The van der Waals surface area contributed by atoms with Crippen LogP contribution < -0.4 is 11.1 Å². The molecule has 2 aliphatic rings. The average molecular weight is 275 g/mol. The molecule has 5 nitrogen and oxygen atoms in total. The van der Waals surface area contributed by atoms with Gasteiger partial charge in [0.1, 0.15) is 9.84 Å². The molecule has 3 N–H and O–H groups in total. The van der Waals surface area contributed by atoms with Gasteiger partial charge < -0.3 is 5.73 Å². The minimum atomic E-state index is -2.77. The molecule has 6 heteroatoms. The summed E-state index contributed by atoms with van der Waals surface area (Å²) in [5.41, 5.74) is 5.85. The zero-order valence-electron chi connectivity index (χ0n) is 11.0. The molecule has 0 aromatic heterocycles. The molecule has 0 saturated carbocycles. The Hall–Kier alpha value is -0.170. The van der Waals surface area contributed by atoms with Gasteiger partial charge in [0.25, 0.3) is 0 Å². The van der Waals surface area contributed by atoms with Gasteiger partial charge in [-0.3, -0.25) is 10.2 Å². The maximum Gasteiger partial charge on any atom is 0.150 e. The predicted octanol–water partition coefficient (Wildman–Crippen LogP) is -0.0761. The van der Waals surface area contributed by atoms with Gasteiger partial charge in [-0.05, 0) is 38.8 Å². The Morgan fingerprint density at radius 3 is 2.33 bits per heavy atom. The number of hydrogen-bond acceptors (Lipinski definition) is 5. The molecule has 0 amide bonds. The lowest BCUT2D eigenvalue weighted by Crippen LogP contribution is -2.56. The van der Waals surface area contributed by atoms with Crippen LogP contribution in [0.4, 0.5) is 0 Å². The summed E-state index contributed by atoms with van der Waals surface area (Å²) in [6, 6.07) is 0.309. The van der Waals surface area contributed by atoms with E-state index in [1.807, 2.05) is 0 Å². The van der Waals surface area contributed by atoms with E-state index in [4.69, 9.17) is 5.73 Å². The second-order valence-electron chi connectivity index (χ2n) is 5.44. The van der Waals surface area contributed by atoms with Gasteiger partial charge in [0, 0.05) is 12.6 Å². The first-order valence-corrected chi connectivity index (χ1v) is 8.83. The van der Waals surface area contributed by atoms with Gasteiger partial charge >= 0.3 is 0 Å². The Bertz CT molecular complexity index is 338. The van der Waals surface area contributed by atoms with Crippen LogP contribution >= 0.6 is 0 Å². The molecular weight excluding hydrogens is 250 g/mol. The van der Waals surface area contributed by atoms with Gasteiger partial charge in [0.2, 0.25) is 0 Å². The van der Waals surface area contributed by atoms with E-state index in [0.717, 1.165) is 25.9 Å². The summed E-state index contributed by atoms with van der Waals surface area (Å²) < 4.78 is 22.8. The highest BCUT2D eigenvalue weighted by molar-refractivity contribution is 7.91. The van der Waals surface area contributed by atoms with Crippen molar-refractivity contribution >= 4 is 9.84 Å². The van der Waals surface area contributed by atoms with Crippen molar-refractivity contribution in [3.63, 3.8) is 0 Å². The molecule has 2 rings (SSSR count). The monoisotopic (exact) mass is 275 g/mol. The lowest BCUT2D eigenvalue weighted by atomic mass is 10.1. The maximum atomic E-state index is 11.4. The van der Waals surface area contributed by atoms with Crippen LogP contribution in [-0.4, -0.2) is 56.7 Å². The fraction of sp³-hybridized carbons (Fsp3) is 1.00. The molecule has 0 aromatic carbocycles. The summed E-state index contributed by atoms with van der Waals surface area (Å²) >= 11 is 0. The molecule has 2 aliphatic heterocycles. The molecule has 2 fully saturated rings. The molecular formula is C12H25N3O2S. The highest BCUT2D eigenvalue weighted by Crippen LogP contribution is 2.15. The molecule has 0 bridgehead atoms. The number of nitrogens with two attached hydrogens (primary N) is 1. The number of hydrogen-bond donors (Lipinski definition) is 2. The highest BCUT2D eigenvalue weighted by Gasteiger charge is 2.27.